The lowest BCUT2D eigenvalue weighted by Crippen LogP contribution is -2.09. The first kappa shape index (κ1) is 42.1. The van der Waals surface area contributed by atoms with Gasteiger partial charge in [0.2, 0.25) is 0 Å². The van der Waals surface area contributed by atoms with Crippen molar-refractivity contribution in [2.45, 2.75) is 63.2 Å². The molecule has 2 N–H and O–H groups in total. The highest BCUT2D eigenvalue weighted by molar-refractivity contribution is 9.10. The molecule has 0 fully saturated rings. The number of thiophene rings is 2. The summed E-state index contributed by atoms with van der Waals surface area (Å²) in [6, 6.07) is 24.8. The number of carboxylic acids is 2. The second kappa shape index (κ2) is 20.2. The van der Waals surface area contributed by atoms with Crippen molar-refractivity contribution in [2.24, 2.45) is 0 Å². The van der Waals surface area contributed by atoms with Gasteiger partial charge in [-0.15, -0.1) is 46.2 Å². The number of halogens is 2. The van der Waals surface area contributed by atoms with Crippen molar-refractivity contribution >= 4 is 110 Å². The Labute approximate surface area is 349 Å². The molecule has 0 bridgehead atoms. The van der Waals surface area contributed by atoms with E-state index in [2.05, 4.69) is 94.2 Å². The Balaban J connectivity index is 0.000000208. The maximum absolute atomic E-state index is 10.6. The Bertz CT molecular complexity index is 2170. The Kier molecular flexibility index (Phi) is 15.8. The zero-order valence-corrected chi connectivity index (χ0v) is 36.9. The highest BCUT2D eigenvalue weighted by Gasteiger charge is 2.11. The van der Waals surface area contributed by atoms with Gasteiger partial charge in [0, 0.05) is 37.9 Å². The number of ether oxygens (including phenoxy) is 2. The number of hydrogen-bond donors (Lipinski definition) is 2. The molecule has 2 aromatic heterocycles. The van der Waals surface area contributed by atoms with E-state index >= 15 is 0 Å². The molecule has 0 aliphatic rings. The molecule has 0 saturated heterocycles. The van der Waals surface area contributed by atoms with Crippen LogP contribution in [-0.4, -0.2) is 46.9 Å². The molecule has 0 saturated carbocycles. The van der Waals surface area contributed by atoms with Crippen molar-refractivity contribution in [3.8, 4) is 11.5 Å². The Morgan fingerprint density at radius 1 is 0.611 bits per heavy atom. The van der Waals surface area contributed by atoms with Crippen molar-refractivity contribution in [1.29, 1.82) is 0 Å². The summed E-state index contributed by atoms with van der Waals surface area (Å²) < 4.78 is 15.5. The number of aryl methyl sites for hydroxylation is 6. The van der Waals surface area contributed by atoms with Crippen LogP contribution in [0.2, 0.25) is 0 Å². The van der Waals surface area contributed by atoms with Crippen LogP contribution < -0.4 is 9.47 Å². The van der Waals surface area contributed by atoms with Crippen molar-refractivity contribution in [2.75, 3.05) is 24.7 Å². The molecule has 0 spiro atoms. The molecular weight excluding hydrogens is 889 g/mol. The lowest BCUT2D eigenvalue weighted by molar-refractivity contribution is -0.140. The van der Waals surface area contributed by atoms with E-state index in [1.165, 1.54) is 50.8 Å². The van der Waals surface area contributed by atoms with Gasteiger partial charge in [-0.1, -0.05) is 37.9 Å². The first-order chi connectivity index (χ1) is 25.9. The van der Waals surface area contributed by atoms with E-state index in [0.717, 1.165) is 57.3 Å². The van der Waals surface area contributed by atoms with E-state index in [-0.39, 0.29) is 13.2 Å². The van der Waals surface area contributed by atoms with Gasteiger partial charge in [-0.2, -0.15) is 0 Å². The number of thioether (sulfide) groups is 2. The summed E-state index contributed by atoms with van der Waals surface area (Å²) in [5.74, 6) is 1.44. The fourth-order valence-electron chi connectivity index (χ4n) is 5.84. The first-order valence-electron chi connectivity index (χ1n) is 17.4. The number of carboxylic acid groups (broad SMARTS) is 2. The number of benzene rings is 4. The van der Waals surface area contributed by atoms with Crippen molar-refractivity contribution in [1.82, 2.24) is 0 Å². The quantitative estimate of drug-likeness (QED) is 0.0732. The number of hydrogen-bond acceptors (Lipinski definition) is 8. The lowest BCUT2D eigenvalue weighted by Gasteiger charge is -2.09. The smallest absolute Gasteiger partial charge is 0.341 e. The number of aliphatic carboxylic acids is 2. The molecule has 0 atom stereocenters. The number of fused-ring (bicyclic) bond motifs is 2. The molecule has 0 amide bonds. The van der Waals surface area contributed by atoms with E-state index in [4.69, 9.17) is 19.7 Å². The minimum Gasteiger partial charge on any atom is -0.482 e. The molecule has 4 aromatic carbocycles. The van der Waals surface area contributed by atoms with Crippen LogP contribution in [-0.2, 0) is 22.4 Å². The summed E-state index contributed by atoms with van der Waals surface area (Å²) in [4.78, 5) is 26.5. The van der Waals surface area contributed by atoms with Crippen molar-refractivity contribution in [3.63, 3.8) is 0 Å². The summed E-state index contributed by atoms with van der Waals surface area (Å²) in [7, 11) is 0. The molecular formula is C42H42Br2O6S4. The standard InChI is InChI=1S/2C21H21BrO3S2/c1-13-10-16(6-7-18(13)25-12-21(23)24)26-9-3-4-19-14(2)17-11-15(22)5-8-20(17)27-19;1-13-10-16(6-8-18(13)25-12-21(23)24)26-9-3-4-19-14(2)17-7-5-15(22)11-20(17)27-19/h2*5-8,10-11H,3-4,9,12H2,1-2H3,(H,23,24). The second-order valence-corrected chi connectivity index (χ2v) is 19.1. The molecule has 0 unspecified atom stereocenters. The molecule has 0 aliphatic heterocycles. The molecule has 6 nitrogen and oxygen atoms in total. The van der Waals surface area contributed by atoms with Gasteiger partial charge < -0.3 is 19.7 Å². The fraction of sp³-hybridized carbons (Fsp3) is 0.286. The van der Waals surface area contributed by atoms with Crippen LogP contribution in [0.4, 0.5) is 0 Å². The maximum Gasteiger partial charge on any atom is 0.341 e. The normalized spacial score (nSPS) is 11.1. The zero-order chi connectivity index (χ0) is 38.8. The fourth-order valence-corrected chi connectivity index (χ4v) is 11.1. The van der Waals surface area contributed by atoms with Gasteiger partial charge in [0.05, 0.1) is 0 Å². The molecule has 0 radical (unpaired) electrons. The largest absolute Gasteiger partial charge is 0.482 e. The second-order valence-electron chi connectivity index (χ2n) is 12.7. The van der Waals surface area contributed by atoms with E-state index in [1.54, 1.807) is 0 Å². The monoisotopic (exact) mass is 928 g/mol. The molecule has 284 valence electrons. The van der Waals surface area contributed by atoms with Crippen molar-refractivity contribution in [3.05, 3.63) is 114 Å². The average molecular weight is 931 g/mol. The third kappa shape index (κ3) is 12.0. The minimum absolute atomic E-state index is 0.307. The third-order valence-corrected chi connectivity index (χ3v) is 14.4. The van der Waals surface area contributed by atoms with Gasteiger partial charge in [0.15, 0.2) is 13.2 Å². The molecule has 54 heavy (non-hydrogen) atoms. The summed E-state index contributed by atoms with van der Waals surface area (Å²) >= 11 is 14.5. The lowest BCUT2D eigenvalue weighted by atomic mass is 10.1. The van der Waals surface area contributed by atoms with E-state index in [9.17, 15) is 9.59 Å². The SMILES string of the molecule is Cc1cc(SCCCc2sc3cc(Br)ccc3c2C)ccc1OCC(=O)O.Cc1cc(SCCCc2sc3ccc(Br)cc3c2C)ccc1OCC(=O)O. The van der Waals surface area contributed by atoms with Crippen molar-refractivity contribution < 1.29 is 29.3 Å². The molecule has 2 heterocycles. The highest BCUT2D eigenvalue weighted by atomic mass is 79.9. The summed E-state index contributed by atoms with van der Waals surface area (Å²) in [6.07, 6.45) is 4.43. The zero-order valence-electron chi connectivity index (χ0n) is 30.5. The minimum atomic E-state index is -0.961. The van der Waals surface area contributed by atoms with E-state index in [1.807, 2.05) is 84.3 Å². The summed E-state index contributed by atoms with van der Waals surface area (Å²) in [5, 5.41) is 20.1. The molecule has 12 heteroatoms. The molecule has 6 aromatic rings. The van der Waals surface area contributed by atoms with Crippen LogP contribution in [0.15, 0.2) is 91.5 Å². The predicted molar refractivity (Wildman–Crippen MR) is 235 cm³/mol. The van der Waals surface area contributed by atoms with Gasteiger partial charge in [-0.05, 0) is 165 Å². The van der Waals surface area contributed by atoms with Crippen LogP contribution in [0.1, 0.15) is 44.8 Å². The predicted octanol–water partition coefficient (Wildman–Crippen LogP) is 12.9. The van der Waals surface area contributed by atoms with Gasteiger partial charge in [-0.3, -0.25) is 0 Å². The van der Waals surface area contributed by atoms with Crippen LogP contribution >= 0.6 is 78.1 Å². The summed E-state index contributed by atoms with van der Waals surface area (Å²) in [6.45, 7) is 7.71. The Morgan fingerprint density at radius 3 is 1.61 bits per heavy atom. The molecule has 6 rings (SSSR count). The summed E-state index contributed by atoms with van der Waals surface area (Å²) in [5.41, 5.74) is 4.74. The van der Waals surface area contributed by atoms with Gasteiger partial charge in [0.25, 0.3) is 0 Å². The Hall–Kier alpha value is -3.00. The van der Waals surface area contributed by atoms with Gasteiger partial charge in [-0.25, -0.2) is 9.59 Å². The van der Waals surface area contributed by atoms with Gasteiger partial charge >= 0.3 is 11.9 Å². The maximum atomic E-state index is 10.6. The van der Waals surface area contributed by atoms with Gasteiger partial charge in [0.1, 0.15) is 11.5 Å². The van der Waals surface area contributed by atoms with Crippen LogP contribution in [0.5, 0.6) is 11.5 Å². The number of carbonyl (C=O) groups is 2. The molecule has 0 aliphatic carbocycles. The third-order valence-electron chi connectivity index (χ3n) is 8.63. The van der Waals surface area contributed by atoms with Crippen LogP contribution in [0, 0.1) is 27.7 Å². The Morgan fingerprint density at radius 2 is 1.09 bits per heavy atom. The first-order valence-corrected chi connectivity index (χ1v) is 22.6. The topological polar surface area (TPSA) is 93.1 Å². The van der Waals surface area contributed by atoms with E-state index < -0.39 is 11.9 Å². The van der Waals surface area contributed by atoms with Crippen LogP contribution in [0.3, 0.4) is 0 Å². The highest BCUT2D eigenvalue weighted by Crippen LogP contribution is 2.36. The van der Waals surface area contributed by atoms with Crippen LogP contribution in [0.25, 0.3) is 20.2 Å². The number of rotatable bonds is 16. The van der Waals surface area contributed by atoms with E-state index in [0.29, 0.717) is 11.5 Å². The average Bonchev–Trinajstić information content (AvgIpc) is 3.61.